The van der Waals surface area contributed by atoms with Crippen molar-refractivity contribution in [3.8, 4) is 0 Å². The van der Waals surface area contributed by atoms with E-state index in [0.29, 0.717) is 11.5 Å². The van der Waals surface area contributed by atoms with Gasteiger partial charge in [0.25, 0.3) is 0 Å². The molecule has 3 N–H and O–H groups in total. The van der Waals surface area contributed by atoms with Gasteiger partial charge in [-0.15, -0.1) is 0 Å². The second kappa shape index (κ2) is 7.52. The summed E-state index contributed by atoms with van der Waals surface area (Å²) >= 11 is 4.90. The van der Waals surface area contributed by atoms with Gasteiger partial charge in [0, 0.05) is 17.8 Å². The predicted octanol–water partition coefficient (Wildman–Crippen LogP) is 2.38. The van der Waals surface area contributed by atoms with Gasteiger partial charge in [-0.25, -0.2) is 0 Å². The number of likely N-dealkylation sites (N-methyl/N-ethyl adjacent to an activating group) is 1. The van der Waals surface area contributed by atoms with E-state index in [1.807, 2.05) is 31.3 Å². The number of carbonyl (C=O) groups excluding carboxylic acids is 1. The van der Waals surface area contributed by atoms with Crippen molar-refractivity contribution < 1.29 is 4.79 Å². The van der Waals surface area contributed by atoms with Gasteiger partial charge < -0.3 is 11.1 Å². The summed E-state index contributed by atoms with van der Waals surface area (Å²) in [5.74, 6) is 0.770. The lowest BCUT2D eigenvalue weighted by molar-refractivity contribution is -0.117. The largest absolute Gasteiger partial charge is 0.389 e. The first-order valence-electron chi connectivity index (χ1n) is 7.43. The van der Waals surface area contributed by atoms with E-state index in [2.05, 4.69) is 10.2 Å². The lowest BCUT2D eigenvalue weighted by Crippen LogP contribution is -2.33. The number of anilines is 1. The molecule has 0 aromatic heterocycles. The quantitative estimate of drug-likeness (QED) is 0.792. The Hall–Kier alpha value is -1.46. The molecule has 0 heterocycles. The Morgan fingerprint density at radius 2 is 1.95 bits per heavy atom. The molecule has 0 bridgehead atoms. The number of thiocarbonyl (C=S) groups is 1. The number of hydrogen-bond donors (Lipinski definition) is 2. The van der Waals surface area contributed by atoms with Crippen molar-refractivity contribution in [2.45, 2.75) is 25.7 Å². The maximum Gasteiger partial charge on any atom is 0.238 e. The van der Waals surface area contributed by atoms with Crippen LogP contribution in [0.4, 0.5) is 5.69 Å². The van der Waals surface area contributed by atoms with Crippen LogP contribution >= 0.6 is 12.2 Å². The number of nitrogens with zero attached hydrogens (tertiary/aromatic N) is 1. The third kappa shape index (κ3) is 5.10. The molecule has 1 aromatic rings. The molecule has 1 aromatic carbocycles. The lowest BCUT2D eigenvalue weighted by atomic mass is 10.1. The van der Waals surface area contributed by atoms with Crippen LogP contribution < -0.4 is 11.1 Å². The van der Waals surface area contributed by atoms with Crippen LogP contribution in [0.25, 0.3) is 0 Å². The van der Waals surface area contributed by atoms with Crippen molar-refractivity contribution >= 4 is 28.8 Å². The van der Waals surface area contributed by atoms with E-state index in [1.165, 1.54) is 25.7 Å². The fourth-order valence-electron chi connectivity index (χ4n) is 2.86. The molecule has 5 heteroatoms. The third-order valence-electron chi connectivity index (χ3n) is 3.91. The topological polar surface area (TPSA) is 58.4 Å². The second-order valence-electron chi connectivity index (χ2n) is 5.84. The van der Waals surface area contributed by atoms with E-state index < -0.39 is 0 Å². The van der Waals surface area contributed by atoms with Crippen molar-refractivity contribution in [3.05, 3.63) is 29.8 Å². The Balaban J connectivity index is 1.79. The van der Waals surface area contributed by atoms with E-state index in [9.17, 15) is 4.79 Å². The van der Waals surface area contributed by atoms with Crippen LogP contribution in [0.15, 0.2) is 24.3 Å². The van der Waals surface area contributed by atoms with E-state index in [4.69, 9.17) is 18.0 Å². The van der Waals surface area contributed by atoms with Gasteiger partial charge in [0.1, 0.15) is 4.99 Å². The number of nitrogens with one attached hydrogen (secondary N) is 1. The number of nitrogens with two attached hydrogens (primary N) is 1. The highest BCUT2D eigenvalue weighted by molar-refractivity contribution is 7.80. The molecule has 4 nitrogen and oxygen atoms in total. The smallest absolute Gasteiger partial charge is 0.238 e. The summed E-state index contributed by atoms with van der Waals surface area (Å²) in [5.41, 5.74) is 7.13. The number of hydrogen-bond acceptors (Lipinski definition) is 3. The average Bonchev–Trinajstić information content (AvgIpc) is 2.91. The number of rotatable bonds is 6. The highest BCUT2D eigenvalue weighted by Crippen LogP contribution is 2.25. The highest BCUT2D eigenvalue weighted by atomic mass is 32.1. The molecule has 0 radical (unpaired) electrons. The van der Waals surface area contributed by atoms with Crippen molar-refractivity contribution in [2.24, 2.45) is 11.7 Å². The highest BCUT2D eigenvalue weighted by Gasteiger charge is 2.17. The molecule has 0 unspecified atom stereocenters. The first kappa shape index (κ1) is 15.9. The fraction of sp³-hybridized carbons (Fsp3) is 0.500. The normalized spacial score (nSPS) is 15.3. The zero-order valence-electron chi connectivity index (χ0n) is 12.5. The summed E-state index contributed by atoms with van der Waals surface area (Å²) in [6.07, 6.45) is 5.26. The Kier molecular flexibility index (Phi) is 5.70. The summed E-state index contributed by atoms with van der Waals surface area (Å²) in [6.45, 7) is 1.43. The van der Waals surface area contributed by atoms with E-state index >= 15 is 0 Å². The van der Waals surface area contributed by atoms with Gasteiger partial charge in [0.2, 0.25) is 5.91 Å². The molecular formula is C16H23N3OS. The first-order chi connectivity index (χ1) is 10.0. The first-order valence-corrected chi connectivity index (χ1v) is 7.83. The summed E-state index contributed by atoms with van der Waals surface area (Å²) in [4.78, 5) is 14.5. The average molecular weight is 305 g/mol. The minimum atomic E-state index is 0.0126. The van der Waals surface area contributed by atoms with Crippen LogP contribution in [0, 0.1) is 5.92 Å². The Labute approximate surface area is 131 Å². The Morgan fingerprint density at radius 1 is 1.33 bits per heavy atom. The molecule has 1 amide bonds. The van der Waals surface area contributed by atoms with Gasteiger partial charge in [-0.05, 0) is 50.1 Å². The molecule has 1 aliphatic rings. The number of carbonyl (C=O) groups is 1. The third-order valence-corrected chi connectivity index (χ3v) is 4.15. The number of benzene rings is 1. The molecule has 21 heavy (non-hydrogen) atoms. The van der Waals surface area contributed by atoms with Crippen molar-refractivity contribution in [1.29, 1.82) is 0 Å². The summed E-state index contributed by atoms with van der Waals surface area (Å²) in [6, 6.07) is 7.28. The molecule has 1 fully saturated rings. The molecule has 0 saturated heterocycles. The SMILES string of the molecule is CN(CC(=O)Nc1ccc(C(N)=S)cc1)CC1CCCC1. The molecule has 1 saturated carbocycles. The lowest BCUT2D eigenvalue weighted by Gasteiger charge is -2.20. The van der Waals surface area contributed by atoms with Gasteiger partial charge in [-0.3, -0.25) is 9.69 Å². The molecule has 1 aliphatic carbocycles. The number of amides is 1. The molecular weight excluding hydrogens is 282 g/mol. The van der Waals surface area contributed by atoms with Crippen LogP contribution in [-0.2, 0) is 4.79 Å². The maximum absolute atomic E-state index is 12.0. The van der Waals surface area contributed by atoms with Gasteiger partial charge in [0.05, 0.1) is 6.54 Å². The minimum absolute atomic E-state index is 0.0126. The van der Waals surface area contributed by atoms with Crippen molar-refractivity contribution in [3.63, 3.8) is 0 Å². The van der Waals surface area contributed by atoms with E-state index in [1.54, 1.807) is 0 Å². The summed E-state index contributed by atoms with van der Waals surface area (Å²) in [5, 5.41) is 2.90. The zero-order chi connectivity index (χ0) is 15.2. The van der Waals surface area contributed by atoms with Crippen molar-refractivity contribution in [2.75, 3.05) is 25.5 Å². The van der Waals surface area contributed by atoms with E-state index in [0.717, 1.165) is 23.7 Å². The Morgan fingerprint density at radius 3 is 2.52 bits per heavy atom. The monoisotopic (exact) mass is 305 g/mol. The fourth-order valence-corrected chi connectivity index (χ4v) is 3.00. The van der Waals surface area contributed by atoms with Crippen LogP contribution in [0.1, 0.15) is 31.2 Å². The van der Waals surface area contributed by atoms with Crippen molar-refractivity contribution in [1.82, 2.24) is 4.90 Å². The standard InChI is InChI=1S/C16H23N3OS/c1-19(10-12-4-2-3-5-12)11-15(20)18-14-8-6-13(7-9-14)16(17)21/h6-9,12H,2-5,10-11H2,1H3,(H2,17,21)(H,18,20). The predicted molar refractivity (Wildman–Crippen MR) is 90.4 cm³/mol. The van der Waals surface area contributed by atoms with Crippen LogP contribution in [0.2, 0.25) is 0 Å². The van der Waals surface area contributed by atoms with Crippen LogP contribution in [0.3, 0.4) is 0 Å². The van der Waals surface area contributed by atoms with Gasteiger partial charge in [-0.2, -0.15) is 0 Å². The minimum Gasteiger partial charge on any atom is -0.389 e. The van der Waals surface area contributed by atoms with Gasteiger partial charge >= 0.3 is 0 Å². The van der Waals surface area contributed by atoms with E-state index in [-0.39, 0.29) is 5.91 Å². The maximum atomic E-state index is 12.0. The molecule has 0 aliphatic heterocycles. The molecule has 2 rings (SSSR count). The zero-order valence-corrected chi connectivity index (χ0v) is 13.3. The molecule has 0 spiro atoms. The second-order valence-corrected chi connectivity index (χ2v) is 6.28. The van der Waals surface area contributed by atoms with Gasteiger partial charge in [-0.1, -0.05) is 25.1 Å². The Bertz CT molecular complexity index is 495. The molecule has 0 atom stereocenters. The summed E-state index contributed by atoms with van der Waals surface area (Å²) in [7, 11) is 2.01. The molecule has 114 valence electrons. The van der Waals surface area contributed by atoms with Crippen LogP contribution in [0.5, 0.6) is 0 Å². The summed E-state index contributed by atoms with van der Waals surface area (Å²) < 4.78 is 0. The van der Waals surface area contributed by atoms with Crippen LogP contribution in [-0.4, -0.2) is 35.9 Å². The van der Waals surface area contributed by atoms with Gasteiger partial charge in [0.15, 0.2) is 0 Å².